The number of nitrogens with zero attached hydrogens (tertiary/aromatic N) is 1. The third-order valence-electron chi connectivity index (χ3n) is 2.68. The Labute approximate surface area is 113 Å². The zero-order valence-corrected chi connectivity index (χ0v) is 11.9. The van der Waals surface area contributed by atoms with Crippen LogP contribution in [0.1, 0.15) is 24.9 Å². The molecule has 1 heterocycles. The summed E-state index contributed by atoms with van der Waals surface area (Å²) in [7, 11) is -3.10. The van der Waals surface area contributed by atoms with Crippen molar-refractivity contribution >= 4 is 15.7 Å². The van der Waals surface area contributed by atoms with E-state index in [4.69, 9.17) is 5.73 Å². The molecule has 0 spiro atoms. The minimum absolute atomic E-state index is 0.0944. The van der Waals surface area contributed by atoms with Gasteiger partial charge in [-0.1, -0.05) is 6.07 Å². The van der Waals surface area contributed by atoms with E-state index in [9.17, 15) is 13.2 Å². The standard InChI is InChI=1S/C12H19N3O3S/c1-9(10-4-3-6-14-8-10)15-12(16)11(13)5-7-19(2,17)18/h3-4,6,8-9,11H,5,7,13H2,1-2H3,(H,15,16)/t9-,11?/m1/s1. The first-order valence-corrected chi connectivity index (χ1v) is 7.99. The quantitative estimate of drug-likeness (QED) is 0.767. The van der Waals surface area contributed by atoms with Gasteiger partial charge < -0.3 is 11.1 Å². The van der Waals surface area contributed by atoms with Crippen molar-refractivity contribution in [2.45, 2.75) is 25.4 Å². The van der Waals surface area contributed by atoms with Crippen LogP contribution in [0.2, 0.25) is 0 Å². The molecular weight excluding hydrogens is 266 g/mol. The third-order valence-corrected chi connectivity index (χ3v) is 3.66. The van der Waals surface area contributed by atoms with Gasteiger partial charge in [0, 0.05) is 18.6 Å². The first-order valence-electron chi connectivity index (χ1n) is 5.93. The lowest BCUT2D eigenvalue weighted by atomic mass is 10.1. The largest absolute Gasteiger partial charge is 0.348 e. The van der Waals surface area contributed by atoms with E-state index in [2.05, 4.69) is 10.3 Å². The van der Waals surface area contributed by atoms with Gasteiger partial charge in [-0.2, -0.15) is 0 Å². The number of sulfone groups is 1. The second-order valence-corrected chi connectivity index (χ2v) is 6.80. The van der Waals surface area contributed by atoms with Gasteiger partial charge in [0.1, 0.15) is 9.84 Å². The van der Waals surface area contributed by atoms with E-state index in [1.165, 1.54) is 0 Å². The van der Waals surface area contributed by atoms with Crippen LogP contribution in [-0.4, -0.2) is 37.4 Å². The van der Waals surface area contributed by atoms with E-state index < -0.39 is 15.9 Å². The molecule has 3 N–H and O–H groups in total. The Kier molecular flexibility index (Phi) is 5.44. The molecule has 7 heteroatoms. The normalized spacial score (nSPS) is 14.7. The zero-order chi connectivity index (χ0) is 14.5. The Bertz CT molecular complexity index is 516. The third kappa shape index (κ3) is 5.80. The number of hydrogen-bond acceptors (Lipinski definition) is 5. The minimum atomic E-state index is -3.10. The number of nitrogens with two attached hydrogens (primary N) is 1. The molecule has 19 heavy (non-hydrogen) atoms. The number of aromatic nitrogens is 1. The summed E-state index contributed by atoms with van der Waals surface area (Å²) in [5, 5.41) is 2.73. The van der Waals surface area contributed by atoms with Gasteiger partial charge in [0.15, 0.2) is 0 Å². The summed E-state index contributed by atoms with van der Waals surface area (Å²) in [5.74, 6) is -0.455. The van der Waals surface area contributed by atoms with Gasteiger partial charge in [-0.05, 0) is 25.0 Å². The Morgan fingerprint density at radius 1 is 1.53 bits per heavy atom. The predicted molar refractivity (Wildman–Crippen MR) is 73.1 cm³/mol. The van der Waals surface area contributed by atoms with Gasteiger partial charge >= 0.3 is 0 Å². The van der Waals surface area contributed by atoms with E-state index in [0.717, 1.165) is 11.8 Å². The first-order chi connectivity index (χ1) is 8.79. The molecule has 6 nitrogen and oxygen atoms in total. The lowest BCUT2D eigenvalue weighted by molar-refractivity contribution is -0.123. The maximum Gasteiger partial charge on any atom is 0.237 e. The van der Waals surface area contributed by atoms with Gasteiger partial charge in [-0.15, -0.1) is 0 Å². The highest BCUT2D eigenvalue weighted by Gasteiger charge is 2.18. The van der Waals surface area contributed by atoms with E-state index in [1.54, 1.807) is 18.5 Å². The minimum Gasteiger partial charge on any atom is -0.348 e. The molecule has 1 aromatic rings. The molecular formula is C12H19N3O3S. The van der Waals surface area contributed by atoms with Crippen molar-refractivity contribution in [3.63, 3.8) is 0 Å². The zero-order valence-electron chi connectivity index (χ0n) is 11.0. The van der Waals surface area contributed by atoms with Gasteiger partial charge in [-0.25, -0.2) is 8.42 Å². The molecule has 1 aromatic heterocycles. The van der Waals surface area contributed by atoms with Gasteiger partial charge in [-0.3, -0.25) is 9.78 Å². The van der Waals surface area contributed by atoms with Crippen LogP contribution in [0.25, 0.3) is 0 Å². The molecule has 0 fully saturated rings. The Hall–Kier alpha value is -1.47. The molecule has 0 aliphatic carbocycles. The van der Waals surface area contributed by atoms with Gasteiger partial charge in [0.2, 0.25) is 5.91 Å². The fourth-order valence-electron chi connectivity index (χ4n) is 1.51. The summed E-state index contributed by atoms with van der Waals surface area (Å²) in [6, 6.07) is 2.58. The SMILES string of the molecule is C[C@@H](NC(=O)C(N)CCS(C)(=O)=O)c1cccnc1. The van der Waals surface area contributed by atoms with Gasteiger partial charge in [0.25, 0.3) is 0 Å². The predicted octanol–water partition coefficient (Wildman–Crippen LogP) is 0.0208. The molecule has 0 aliphatic heterocycles. The molecule has 1 rings (SSSR count). The fraction of sp³-hybridized carbons (Fsp3) is 0.500. The van der Waals surface area contributed by atoms with E-state index in [1.807, 2.05) is 13.0 Å². The van der Waals surface area contributed by atoms with Crippen LogP contribution in [-0.2, 0) is 14.6 Å². The summed E-state index contributed by atoms with van der Waals surface area (Å²) in [6.45, 7) is 1.82. The van der Waals surface area contributed by atoms with Crippen molar-refractivity contribution < 1.29 is 13.2 Å². The average Bonchev–Trinajstić information content (AvgIpc) is 2.36. The number of pyridine rings is 1. The highest BCUT2D eigenvalue weighted by molar-refractivity contribution is 7.90. The monoisotopic (exact) mass is 285 g/mol. The number of rotatable bonds is 6. The van der Waals surface area contributed by atoms with Crippen molar-refractivity contribution in [1.82, 2.24) is 10.3 Å². The summed E-state index contributed by atoms with van der Waals surface area (Å²) >= 11 is 0. The van der Waals surface area contributed by atoms with Crippen molar-refractivity contribution in [1.29, 1.82) is 0 Å². The van der Waals surface area contributed by atoms with Crippen LogP contribution in [0.15, 0.2) is 24.5 Å². The molecule has 0 saturated carbocycles. The number of carbonyl (C=O) groups is 1. The summed E-state index contributed by atoms with van der Waals surface area (Å²) in [4.78, 5) is 15.8. The van der Waals surface area contributed by atoms with E-state index in [0.29, 0.717) is 0 Å². The lowest BCUT2D eigenvalue weighted by Crippen LogP contribution is -2.42. The second kappa shape index (κ2) is 6.63. The van der Waals surface area contributed by atoms with E-state index >= 15 is 0 Å². The highest BCUT2D eigenvalue weighted by Crippen LogP contribution is 2.10. The van der Waals surface area contributed by atoms with Crippen LogP contribution in [0.4, 0.5) is 0 Å². The van der Waals surface area contributed by atoms with Gasteiger partial charge in [0.05, 0.1) is 17.8 Å². The molecule has 1 unspecified atom stereocenters. The first kappa shape index (κ1) is 15.6. The molecule has 2 atom stereocenters. The Morgan fingerprint density at radius 2 is 2.21 bits per heavy atom. The topological polar surface area (TPSA) is 102 Å². The number of carbonyl (C=O) groups excluding carboxylic acids is 1. The summed E-state index contributed by atoms with van der Waals surface area (Å²) < 4.78 is 22.0. The summed E-state index contributed by atoms with van der Waals surface area (Å²) in [5.41, 5.74) is 6.53. The molecule has 0 aliphatic rings. The molecule has 0 bridgehead atoms. The van der Waals surface area contributed by atoms with Crippen molar-refractivity contribution in [2.75, 3.05) is 12.0 Å². The van der Waals surface area contributed by atoms with Crippen molar-refractivity contribution in [3.05, 3.63) is 30.1 Å². The van der Waals surface area contributed by atoms with Crippen LogP contribution < -0.4 is 11.1 Å². The van der Waals surface area contributed by atoms with E-state index in [-0.39, 0.29) is 24.1 Å². The molecule has 0 saturated heterocycles. The maximum atomic E-state index is 11.8. The fourth-order valence-corrected chi connectivity index (χ4v) is 2.19. The van der Waals surface area contributed by atoms with Crippen LogP contribution in [0, 0.1) is 0 Å². The van der Waals surface area contributed by atoms with Crippen LogP contribution >= 0.6 is 0 Å². The number of nitrogens with one attached hydrogen (secondary N) is 1. The molecule has 106 valence electrons. The lowest BCUT2D eigenvalue weighted by Gasteiger charge is -2.17. The van der Waals surface area contributed by atoms with Crippen molar-refractivity contribution in [2.24, 2.45) is 5.73 Å². The average molecular weight is 285 g/mol. The Morgan fingerprint density at radius 3 is 2.74 bits per heavy atom. The smallest absolute Gasteiger partial charge is 0.237 e. The van der Waals surface area contributed by atoms with Crippen molar-refractivity contribution in [3.8, 4) is 0 Å². The number of amides is 1. The maximum absolute atomic E-state index is 11.8. The van der Waals surface area contributed by atoms with Crippen LogP contribution in [0.3, 0.4) is 0 Å². The Balaban J connectivity index is 2.50. The number of hydrogen-bond donors (Lipinski definition) is 2. The summed E-state index contributed by atoms with van der Waals surface area (Å²) in [6.07, 6.45) is 4.54. The second-order valence-electron chi connectivity index (χ2n) is 4.54. The molecule has 0 radical (unpaired) electrons. The molecule has 0 aromatic carbocycles. The van der Waals surface area contributed by atoms with Crippen LogP contribution in [0.5, 0.6) is 0 Å². The highest BCUT2D eigenvalue weighted by atomic mass is 32.2. The molecule has 1 amide bonds.